The van der Waals surface area contributed by atoms with Gasteiger partial charge in [-0.2, -0.15) is 0 Å². The molecule has 0 aliphatic carbocycles. The molecule has 0 atom stereocenters. The Morgan fingerprint density at radius 1 is 0.880 bits per heavy atom. The number of amides is 2. The lowest BCUT2D eigenvalue weighted by molar-refractivity contribution is 0.0927. The minimum atomic E-state index is -0.479. The van der Waals surface area contributed by atoms with Gasteiger partial charge >= 0.3 is 0 Å². The highest BCUT2D eigenvalue weighted by atomic mass is 19.1. The van der Waals surface area contributed by atoms with Crippen LogP contribution in [0.25, 0.3) is 0 Å². The summed E-state index contributed by atoms with van der Waals surface area (Å²) in [6, 6.07) is 10.2. The second kappa shape index (κ2) is 8.68. The maximum Gasteiger partial charge on any atom is 0.251 e. The highest BCUT2D eigenvalue weighted by molar-refractivity contribution is 5.95. The van der Waals surface area contributed by atoms with E-state index in [-0.39, 0.29) is 24.6 Å². The van der Waals surface area contributed by atoms with Gasteiger partial charge in [-0.3, -0.25) is 9.59 Å². The van der Waals surface area contributed by atoms with Gasteiger partial charge in [0.15, 0.2) is 0 Å². The molecule has 0 aromatic heterocycles. The third-order valence-corrected chi connectivity index (χ3v) is 3.40. The Bertz CT molecular complexity index is 742. The zero-order valence-electron chi connectivity index (χ0n) is 14.0. The highest BCUT2D eigenvalue weighted by Crippen LogP contribution is 2.22. The second-order valence-corrected chi connectivity index (χ2v) is 5.12. The Kier molecular flexibility index (Phi) is 6.33. The first-order valence-corrected chi connectivity index (χ1v) is 7.58. The third-order valence-electron chi connectivity index (χ3n) is 3.40. The van der Waals surface area contributed by atoms with E-state index in [1.54, 1.807) is 18.2 Å². The lowest BCUT2D eigenvalue weighted by atomic mass is 10.2. The molecule has 2 rings (SSSR count). The number of nitrogens with one attached hydrogen (secondary N) is 2. The molecule has 2 N–H and O–H groups in total. The van der Waals surface area contributed by atoms with Crippen molar-refractivity contribution in [2.45, 2.75) is 0 Å². The summed E-state index contributed by atoms with van der Waals surface area (Å²) in [5.41, 5.74) is 0.608. The summed E-state index contributed by atoms with van der Waals surface area (Å²) in [5.74, 6) is -0.199. The number of ether oxygens (including phenoxy) is 2. The van der Waals surface area contributed by atoms with Gasteiger partial charge in [-0.25, -0.2) is 4.39 Å². The lowest BCUT2D eigenvalue weighted by Crippen LogP contribution is -2.34. The quantitative estimate of drug-likeness (QED) is 0.752. The van der Waals surface area contributed by atoms with Crippen molar-refractivity contribution in [3.05, 3.63) is 59.4 Å². The minimum absolute atomic E-state index is 0.211. The number of halogens is 1. The monoisotopic (exact) mass is 346 g/mol. The van der Waals surface area contributed by atoms with Gasteiger partial charge in [0.25, 0.3) is 11.8 Å². The zero-order valence-corrected chi connectivity index (χ0v) is 14.0. The molecule has 2 aromatic carbocycles. The zero-order chi connectivity index (χ0) is 18.2. The first-order chi connectivity index (χ1) is 12.0. The highest BCUT2D eigenvalue weighted by Gasteiger charge is 2.10. The van der Waals surface area contributed by atoms with Gasteiger partial charge < -0.3 is 20.1 Å². The predicted molar refractivity (Wildman–Crippen MR) is 90.6 cm³/mol. The van der Waals surface area contributed by atoms with Crippen LogP contribution in [-0.2, 0) is 0 Å². The van der Waals surface area contributed by atoms with Gasteiger partial charge in [0.05, 0.1) is 14.2 Å². The first-order valence-electron chi connectivity index (χ1n) is 7.58. The van der Waals surface area contributed by atoms with Crippen LogP contribution >= 0.6 is 0 Å². The summed E-state index contributed by atoms with van der Waals surface area (Å²) in [6.45, 7) is 0.432. The molecule has 2 amide bonds. The average Bonchev–Trinajstić information content (AvgIpc) is 2.64. The lowest BCUT2D eigenvalue weighted by Gasteiger charge is -2.10. The van der Waals surface area contributed by atoms with Crippen LogP contribution < -0.4 is 20.1 Å². The number of rotatable bonds is 7. The fourth-order valence-corrected chi connectivity index (χ4v) is 2.12. The minimum Gasteiger partial charge on any atom is -0.497 e. The summed E-state index contributed by atoms with van der Waals surface area (Å²) in [5, 5.41) is 5.29. The molecular formula is C18H19FN2O4. The third kappa shape index (κ3) is 5.20. The SMILES string of the molecule is COc1cc(OC)cc(C(=O)NCCNC(=O)c2cccc(F)c2)c1. The van der Waals surface area contributed by atoms with Gasteiger partial charge in [0.2, 0.25) is 0 Å². The van der Waals surface area contributed by atoms with Crippen LogP contribution in [0, 0.1) is 5.82 Å². The molecule has 6 nitrogen and oxygen atoms in total. The van der Waals surface area contributed by atoms with Crippen LogP contribution in [0.4, 0.5) is 4.39 Å². The van der Waals surface area contributed by atoms with Crippen molar-refractivity contribution in [2.24, 2.45) is 0 Å². The van der Waals surface area contributed by atoms with Gasteiger partial charge in [-0.15, -0.1) is 0 Å². The Morgan fingerprint density at radius 2 is 1.44 bits per heavy atom. The number of methoxy groups -OCH3 is 2. The van der Waals surface area contributed by atoms with Crippen molar-refractivity contribution >= 4 is 11.8 Å². The van der Waals surface area contributed by atoms with Crippen LogP contribution in [0.1, 0.15) is 20.7 Å². The molecule has 0 radical (unpaired) electrons. The number of carbonyl (C=O) groups is 2. The van der Waals surface area contributed by atoms with Gasteiger partial charge in [-0.05, 0) is 30.3 Å². The Morgan fingerprint density at radius 3 is 1.96 bits per heavy atom. The Labute approximate surface area is 144 Å². The molecule has 0 spiro atoms. The van der Waals surface area contributed by atoms with E-state index >= 15 is 0 Å². The van der Waals surface area contributed by atoms with Crippen LogP contribution in [0.2, 0.25) is 0 Å². The first kappa shape index (κ1) is 18.3. The smallest absolute Gasteiger partial charge is 0.251 e. The summed E-state index contributed by atoms with van der Waals surface area (Å²) in [4.78, 5) is 24.0. The predicted octanol–water partition coefficient (Wildman–Crippen LogP) is 2.00. The number of hydrogen-bond acceptors (Lipinski definition) is 4. The molecule has 0 heterocycles. The van der Waals surface area contributed by atoms with E-state index in [0.717, 1.165) is 6.07 Å². The molecule has 0 aliphatic heterocycles. The van der Waals surface area contributed by atoms with Crippen molar-refractivity contribution in [2.75, 3.05) is 27.3 Å². The van der Waals surface area contributed by atoms with Crippen molar-refractivity contribution in [1.82, 2.24) is 10.6 Å². The van der Waals surface area contributed by atoms with E-state index in [1.807, 2.05) is 0 Å². The molecule has 132 valence electrons. The maximum absolute atomic E-state index is 13.1. The van der Waals surface area contributed by atoms with Crippen molar-refractivity contribution < 1.29 is 23.5 Å². The van der Waals surface area contributed by atoms with E-state index in [4.69, 9.17) is 9.47 Å². The van der Waals surface area contributed by atoms with Crippen molar-refractivity contribution in [1.29, 1.82) is 0 Å². The normalized spacial score (nSPS) is 10.0. The number of benzene rings is 2. The summed E-state index contributed by atoms with van der Waals surface area (Å²) in [6.07, 6.45) is 0. The number of carbonyl (C=O) groups excluding carboxylic acids is 2. The molecule has 25 heavy (non-hydrogen) atoms. The van der Waals surface area contributed by atoms with E-state index in [2.05, 4.69) is 10.6 Å². The number of hydrogen-bond donors (Lipinski definition) is 2. The Hall–Kier alpha value is -3.09. The van der Waals surface area contributed by atoms with Gasteiger partial charge in [0, 0.05) is 30.3 Å². The van der Waals surface area contributed by atoms with Gasteiger partial charge in [0.1, 0.15) is 17.3 Å². The van der Waals surface area contributed by atoms with Crippen LogP contribution in [0.15, 0.2) is 42.5 Å². The van der Waals surface area contributed by atoms with E-state index < -0.39 is 11.7 Å². The molecule has 0 aliphatic rings. The molecule has 0 unspecified atom stereocenters. The molecule has 2 aromatic rings. The molecular weight excluding hydrogens is 327 g/mol. The topological polar surface area (TPSA) is 76.7 Å². The average molecular weight is 346 g/mol. The maximum atomic E-state index is 13.1. The molecule has 0 fully saturated rings. The van der Waals surface area contributed by atoms with Crippen LogP contribution in [0.5, 0.6) is 11.5 Å². The largest absolute Gasteiger partial charge is 0.497 e. The molecule has 7 heteroatoms. The summed E-state index contributed by atoms with van der Waals surface area (Å²) < 4.78 is 23.3. The van der Waals surface area contributed by atoms with E-state index in [1.165, 1.54) is 32.4 Å². The second-order valence-electron chi connectivity index (χ2n) is 5.12. The molecule has 0 bridgehead atoms. The van der Waals surface area contributed by atoms with E-state index in [0.29, 0.717) is 17.1 Å². The van der Waals surface area contributed by atoms with Crippen molar-refractivity contribution in [3.8, 4) is 11.5 Å². The van der Waals surface area contributed by atoms with Gasteiger partial charge in [-0.1, -0.05) is 6.07 Å². The molecule has 0 saturated heterocycles. The van der Waals surface area contributed by atoms with Crippen LogP contribution in [0.3, 0.4) is 0 Å². The summed E-state index contributed by atoms with van der Waals surface area (Å²) >= 11 is 0. The molecule has 0 saturated carbocycles. The Balaban J connectivity index is 1.85. The fraction of sp³-hybridized carbons (Fsp3) is 0.222. The van der Waals surface area contributed by atoms with Crippen molar-refractivity contribution in [3.63, 3.8) is 0 Å². The van der Waals surface area contributed by atoms with E-state index in [9.17, 15) is 14.0 Å². The standard InChI is InChI=1S/C18H19FN2O4/c1-24-15-9-13(10-16(11-15)25-2)18(23)21-7-6-20-17(22)12-4-3-5-14(19)8-12/h3-5,8-11H,6-7H2,1-2H3,(H,20,22)(H,21,23). The summed E-state index contributed by atoms with van der Waals surface area (Å²) in [7, 11) is 3.00. The fourth-order valence-electron chi connectivity index (χ4n) is 2.12. The van der Waals surface area contributed by atoms with Crippen LogP contribution in [-0.4, -0.2) is 39.1 Å².